The summed E-state index contributed by atoms with van der Waals surface area (Å²) in [6, 6.07) is 3.79. The predicted molar refractivity (Wildman–Crippen MR) is 76.6 cm³/mol. The number of amides is 1. The summed E-state index contributed by atoms with van der Waals surface area (Å²) in [5.74, 6) is -0.0133. The molecule has 0 radical (unpaired) electrons. The van der Waals surface area contributed by atoms with Gasteiger partial charge in [0.1, 0.15) is 0 Å². The number of rotatable bonds is 2. The molecule has 0 saturated heterocycles. The maximum atomic E-state index is 11.9. The second-order valence-corrected chi connectivity index (χ2v) is 6.57. The average molecular weight is 319 g/mol. The maximum Gasteiger partial charge on any atom is 0.224 e. The van der Waals surface area contributed by atoms with Crippen molar-refractivity contribution < 1.29 is 4.79 Å². The lowest BCUT2D eigenvalue weighted by molar-refractivity contribution is -0.117. The lowest BCUT2D eigenvalue weighted by Crippen LogP contribution is -2.20. The van der Waals surface area contributed by atoms with Crippen molar-refractivity contribution in [2.45, 2.75) is 34.1 Å². The summed E-state index contributed by atoms with van der Waals surface area (Å²) in [6.07, 6.45) is 0.468. The van der Waals surface area contributed by atoms with Crippen LogP contribution >= 0.6 is 27.5 Å². The number of anilines is 1. The van der Waals surface area contributed by atoms with Crippen molar-refractivity contribution in [3.8, 4) is 0 Å². The summed E-state index contributed by atoms with van der Waals surface area (Å²) in [5.41, 5.74) is 1.62. The number of aryl methyl sites for hydroxylation is 1. The number of carbonyl (C=O) groups is 1. The van der Waals surface area contributed by atoms with Gasteiger partial charge in [-0.3, -0.25) is 4.79 Å². The van der Waals surface area contributed by atoms with E-state index in [9.17, 15) is 4.79 Å². The molecule has 0 aliphatic heterocycles. The molecule has 4 heteroatoms. The van der Waals surface area contributed by atoms with E-state index >= 15 is 0 Å². The second-order valence-electron chi connectivity index (χ2n) is 5.34. The third kappa shape index (κ3) is 4.32. The molecule has 0 unspecified atom stereocenters. The fraction of sp³-hybridized carbons (Fsp3) is 0.462. The van der Waals surface area contributed by atoms with Gasteiger partial charge in [0, 0.05) is 10.9 Å². The Morgan fingerprint density at radius 1 is 1.41 bits per heavy atom. The zero-order valence-corrected chi connectivity index (χ0v) is 12.9. The van der Waals surface area contributed by atoms with Crippen LogP contribution in [0, 0.1) is 12.3 Å². The largest absolute Gasteiger partial charge is 0.325 e. The molecule has 0 spiro atoms. The minimum atomic E-state index is -0.0313. The molecule has 2 nitrogen and oxygen atoms in total. The van der Waals surface area contributed by atoms with E-state index in [1.165, 1.54) is 0 Å². The van der Waals surface area contributed by atoms with Crippen LogP contribution in [0.4, 0.5) is 5.69 Å². The van der Waals surface area contributed by atoms with Crippen LogP contribution < -0.4 is 5.32 Å². The number of hydrogen-bond donors (Lipinski definition) is 1. The van der Waals surface area contributed by atoms with E-state index in [4.69, 9.17) is 11.6 Å². The summed E-state index contributed by atoms with van der Waals surface area (Å²) < 4.78 is 0.788. The third-order valence-corrected chi connectivity index (χ3v) is 3.54. The first-order valence-corrected chi connectivity index (χ1v) is 6.62. The molecule has 0 heterocycles. The molecular weight excluding hydrogens is 302 g/mol. The van der Waals surface area contributed by atoms with Crippen molar-refractivity contribution in [3.05, 3.63) is 27.2 Å². The van der Waals surface area contributed by atoms with E-state index in [-0.39, 0.29) is 11.3 Å². The Balaban J connectivity index is 2.89. The Kier molecular flexibility index (Phi) is 4.62. The normalized spacial score (nSPS) is 11.4. The number of carbonyl (C=O) groups excluding carboxylic acids is 1. The molecule has 94 valence electrons. The first kappa shape index (κ1) is 14.5. The van der Waals surface area contributed by atoms with Gasteiger partial charge >= 0.3 is 0 Å². The van der Waals surface area contributed by atoms with Gasteiger partial charge in [0.2, 0.25) is 5.91 Å². The Morgan fingerprint density at radius 2 is 2.00 bits per heavy atom. The monoisotopic (exact) mass is 317 g/mol. The number of hydrogen-bond acceptors (Lipinski definition) is 1. The molecule has 0 aliphatic carbocycles. The summed E-state index contributed by atoms with van der Waals surface area (Å²) in [6.45, 7) is 8.01. The Hall–Kier alpha value is -0.540. The number of benzene rings is 1. The van der Waals surface area contributed by atoms with Gasteiger partial charge in [-0.25, -0.2) is 0 Å². The van der Waals surface area contributed by atoms with Crippen molar-refractivity contribution in [1.82, 2.24) is 0 Å². The van der Waals surface area contributed by atoms with Crippen LogP contribution in [0.5, 0.6) is 0 Å². The van der Waals surface area contributed by atoms with Gasteiger partial charge in [0.05, 0.1) is 10.7 Å². The van der Waals surface area contributed by atoms with Crippen LogP contribution in [0.15, 0.2) is 16.6 Å². The SMILES string of the molecule is Cc1ccc(Br)c(Cl)c1NC(=O)CC(C)(C)C. The summed E-state index contributed by atoms with van der Waals surface area (Å²) in [4.78, 5) is 11.9. The molecule has 0 aromatic heterocycles. The van der Waals surface area contributed by atoms with Gasteiger partial charge in [-0.2, -0.15) is 0 Å². The number of halogens is 2. The smallest absolute Gasteiger partial charge is 0.224 e. The fourth-order valence-corrected chi connectivity index (χ4v) is 2.06. The Morgan fingerprint density at radius 3 is 2.53 bits per heavy atom. The van der Waals surface area contributed by atoms with E-state index in [1.807, 2.05) is 39.8 Å². The molecule has 17 heavy (non-hydrogen) atoms. The highest BCUT2D eigenvalue weighted by Gasteiger charge is 2.18. The molecule has 0 atom stereocenters. The molecule has 0 saturated carbocycles. The van der Waals surface area contributed by atoms with E-state index in [0.717, 1.165) is 10.0 Å². The topological polar surface area (TPSA) is 29.1 Å². The lowest BCUT2D eigenvalue weighted by Gasteiger charge is -2.18. The van der Waals surface area contributed by atoms with Gasteiger partial charge < -0.3 is 5.32 Å². The van der Waals surface area contributed by atoms with Crippen LogP contribution in [-0.2, 0) is 4.79 Å². The van der Waals surface area contributed by atoms with Crippen LogP contribution in [0.1, 0.15) is 32.8 Å². The van der Waals surface area contributed by atoms with E-state index in [0.29, 0.717) is 17.1 Å². The highest BCUT2D eigenvalue weighted by molar-refractivity contribution is 9.10. The zero-order valence-electron chi connectivity index (χ0n) is 10.5. The maximum absolute atomic E-state index is 11.9. The van der Waals surface area contributed by atoms with Crippen molar-refractivity contribution in [3.63, 3.8) is 0 Å². The third-order valence-electron chi connectivity index (χ3n) is 2.26. The van der Waals surface area contributed by atoms with Crippen molar-refractivity contribution >= 4 is 39.1 Å². The standard InChI is InChI=1S/C13H17BrClNO/c1-8-5-6-9(14)11(15)12(8)16-10(17)7-13(2,3)4/h5-6H,7H2,1-4H3,(H,16,17). The Labute approximate surface area is 116 Å². The molecule has 0 fully saturated rings. The van der Waals surface area contributed by atoms with E-state index in [1.54, 1.807) is 0 Å². The average Bonchev–Trinajstić information content (AvgIpc) is 2.16. The zero-order chi connectivity index (χ0) is 13.2. The van der Waals surface area contributed by atoms with Gasteiger partial charge in [-0.1, -0.05) is 38.4 Å². The van der Waals surface area contributed by atoms with Crippen LogP contribution in [-0.4, -0.2) is 5.91 Å². The molecule has 1 rings (SSSR count). The van der Waals surface area contributed by atoms with Crippen LogP contribution in [0.2, 0.25) is 5.02 Å². The minimum Gasteiger partial charge on any atom is -0.325 e. The van der Waals surface area contributed by atoms with Crippen LogP contribution in [0.3, 0.4) is 0 Å². The summed E-state index contributed by atoms with van der Waals surface area (Å²) >= 11 is 9.50. The lowest BCUT2D eigenvalue weighted by atomic mass is 9.92. The first-order valence-electron chi connectivity index (χ1n) is 5.45. The van der Waals surface area contributed by atoms with Crippen LogP contribution in [0.25, 0.3) is 0 Å². The van der Waals surface area contributed by atoms with Gasteiger partial charge in [-0.05, 0) is 39.9 Å². The molecule has 0 bridgehead atoms. The molecule has 1 N–H and O–H groups in total. The minimum absolute atomic E-state index is 0.0133. The molecule has 1 amide bonds. The summed E-state index contributed by atoms with van der Waals surface area (Å²) in [7, 11) is 0. The second kappa shape index (κ2) is 5.40. The van der Waals surface area contributed by atoms with Crippen molar-refractivity contribution in [2.24, 2.45) is 5.41 Å². The van der Waals surface area contributed by atoms with Crippen molar-refractivity contribution in [2.75, 3.05) is 5.32 Å². The predicted octanol–water partition coefficient (Wildman–Crippen LogP) is 4.79. The van der Waals surface area contributed by atoms with E-state index < -0.39 is 0 Å². The number of nitrogens with one attached hydrogen (secondary N) is 1. The molecule has 0 aliphatic rings. The highest BCUT2D eigenvalue weighted by atomic mass is 79.9. The molecule has 1 aromatic rings. The molecular formula is C13H17BrClNO. The first-order chi connectivity index (χ1) is 7.70. The quantitative estimate of drug-likeness (QED) is 0.835. The fourth-order valence-electron chi connectivity index (χ4n) is 1.47. The van der Waals surface area contributed by atoms with E-state index in [2.05, 4.69) is 21.2 Å². The van der Waals surface area contributed by atoms with Crippen molar-refractivity contribution in [1.29, 1.82) is 0 Å². The van der Waals surface area contributed by atoms with Gasteiger partial charge in [0.15, 0.2) is 0 Å². The highest BCUT2D eigenvalue weighted by Crippen LogP contribution is 2.33. The molecule has 1 aromatic carbocycles. The summed E-state index contributed by atoms with van der Waals surface area (Å²) in [5, 5.41) is 3.42. The van der Waals surface area contributed by atoms with Gasteiger partial charge in [-0.15, -0.1) is 0 Å². The Bertz CT molecular complexity index is 438. The van der Waals surface area contributed by atoms with Gasteiger partial charge in [0.25, 0.3) is 0 Å².